The van der Waals surface area contributed by atoms with Crippen LogP contribution in [0.3, 0.4) is 0 Å². The molecule has 0 atom stereocenters. The molecule has 1 spiro atoms. The van der Waals surface area contributed by atoms with E-state index in [4.69, 9.17) is 0 Å². The molecule has 5 nitrogen and oxygen atoms in total. The fourth-order valence-corrected chi connectivity index (χ4v) is 5.69. The summed E-state index contributed by atoms with van der Waals surface area (Å²) in [5, 5.41) is 9.19. The number of benzene rings is 1. The molecule has 1 aliphatic carbocycles. The van der Waals surface area contributed by atoms with Gasteiger partial charge in [0.05, 0.1) is 11.3 Å². The van der Waals surface area contributed by atoms with E-state index in [0.717, 1.165) is 76.8 Å². The minimum atomic E-state index is -0.658. The van der Waals surface area contributed by atoms with Crippen LogP contribution in [-0.2, 0) is 15.0 Å². The summed E-state index contributed by atoms with van der Waals surface area (Å²) in [6.07, 6.45) is 5.25. The standard InChI is InChI=1S/C23H32N2O3/c1-2-24-12-10-23(11-13-24,19-6-4-3-5-7-19)21(28)25-14-8-22(9-15-25)16-18(17-22)20(26)27/h3-7,18H,2,8-17H2,1H3,(H,26,27). The van der Waals surface area contributed by atoms with Gasteiger partial charge in [0, 0.05) is 13.1 Å². The number of piperidine rings is 2. The largest absolute Gasteiger partial charge is 0.481 e. The topological polar surface area (TPSA) is 60.9 Å². The van der Waals surface area contributed by atoms with Gasteiger partial charge in [-0.05, 0) is 69.1 Å². The molecule has 0 aromatic heterocycles. The van der Waals surface area contributed by atoms with E-state index in [0.29, 0.717) is 5.91 Å². The molecule has 3 fully saturated rings. The van der Waals surface area contributed by atoms with Crippen molar-refractivity contribution in [3.8, 4) is 0 Å². The Hall–Kier alpha value is -1.88. The van der Waals surface area contributed by atoms with Crippen LogP contribution in [0.4, 0.5) is 0 Å². The van der Waals surface area contributed by atoms with Crippen molar-refractivity contribution in [2.24, 2.45) is 11.3 Å². The molecule has 1 amide bonds. The number of carboxylic acids is 1. The second-order valence-corrected chi connectivity index (χ2v) is 9.12. The van der Waals surface area contributed by atoms with Gasteiger partial charge in [0.15, 0.2) is 0 Å². The first-order valence-electron chi connectivity index (χ1n) is 10.8. The number of aliphatic carboxylic acids is 1. The van der Waals surface area contributed by atoms with E-state index in [1.807, 2.05) is 18.2 Å². The zero-order chi connectivity index (χ0) is 19.8. The van der Waals surface area contributed by atoms with E-state index in [1.54, 1.807) is 0 Å². The average Bonchev–Trinajstić information content (AvgIpc) is 2.72. The predicted octanol–water partition coefficient (Wildman–Crippen LogP) is 3.14. The highest BCUT2D eigenvalue weighted by Crippen LogP contribution is 2.53. The molecule has 2 aliphatic heterocycles. The third-order valence-corrected chi connectivity index (χ3v) is 7.71. The fraction of sp³-hybridized carbons (Fsp3) is 0.652. The molecule has 2 saturated heterocycles. The SMILES string of the molecule is CCN1CCC(C(=O)N2CCC3(CC2)CC(C(=O)O)C3)(c2ccccc2)CC1. The van der Waals surface area contributed by atoms with Crippen LogP contribution >= 0.6 is 0 Å². The molecule has 0 unspecified atom stereocenters. The van der Waals surface area contributed by atoms with Crippen molar-refractivity contribution in [2.75, 3.05) is 32.7 Å². The normalized spacial score (nSPS) is 24.7. The van der Waals surface area contributed by atoms with Crippen molar-refractivity contribution in [3.05, 3.63) is 35.9 Å². The van der Waals surface area contributed by atoms with Crippen molar-refractivity contribution in [2.45, 2.75) is 50.9 Å². The quantitative estimate of drug-likeness (QED) is 0.866. The van der Waals surface area contributed by atoms with Crippen molar-refractivity contribution >= 4 is 11.9 Å². The summed E-state index contributed by atoms with van der Waals surface area (Å²) in [6, 6.07) is 10.3. The molecule has 0 radical (unpaired) electrons. The molecule has 28 heavy (non-hydrogen) atoms. The Labute approximate surface area is 167 Å². The predicted molar refractivity (Wildman–Crippen MR) is 108 cm³/mol. The van der Waals surface area contributed by atoms with E-state index < -0.39 is 11.4 Å². The van der Waals surface area contributed by atoms with Gasteiger partial charge in [-0.3, -0.25) is 9.59 Å². The molecule has 1 aromatic rings. The first kappa shape index (κ1) is 19.4. The van der Waals surface area contributed by atoms with Crippen LogP contribution < -0.4 is 0 Å². The van der Waals surface area contributed by atoms with E-state index >= 15 is 0 Å². The number of amides is 1. The molecule has 152 valence electrons. The summed E-state index contributed by atoms with van der Waals surface area (Å²) in [4.78, 5) is 29.5. The molecule has 1 aromatic carbocycles. The number of carboxylic acid groups (broad SMARTS) is 1. The smallest absolute Gasteiger partial charge is 0.306 e. The Morgan fingerprint density at radius 2 is 1.61 bits per heavy atom. The van der Waals surface area contributed by atoms with E-state index in [-0.39, 0.29) is 11.3 Å². The fourth-order valence-electron chi connectivity index (χ4n) is 5.69. The maximum Gasteiger partial charge on any atom is 0.306 e. The molecule has 5 heteroatoms. The number of likely N-dealkylation sites (tertiary alicyclic amines) is 2. The first-order chi connectivity index (χ1) is 13.5. The van der Waals surface area contributed by atoms with Gasteiger partial charge in [-0.2, -0.15) is 0 Å². The molecule has 4 rings (SSSR count). The average molecular weight is 385 g/mol. The van der Waals surface area contributed by atoms with Gasteiger partial charge >= 0.3 is 5.97 Å². The minimum absolute atomic E-state index is 0.170. The molecular weight excluding hydrogens is 352 g/mol. The number of nitrogens with zero attached hydrogens (tertiary/aromatic N) is 2. The van der Waals surface area contributed by atoms with Gasteiger partial charge in [0.1, 0.15) is 0 Å². The molecule has 1 saturated carbocycles. The van der Waals surface area contributed by atoms with Crippen LogP contribution in [0.1, 0.15) is 51.0 Å². The van der Waals surface area contributed by atoms with Crippen molar-refractivity contribution in [1.29, 1.82) is 0 Å². The van der Waals surface area contributed by atoms with Crippen LogP contribution in [0.2, 0.25) is 0 Å². The second kappa shape index (κ2) is 7.51. The second-order valence-electron chi connectivity index (χ2n) is 9.12. The maximum absolute atomic E-state index is 13.8. The summed E-state index contributed by atoms with van der Waals surface area (Å²) >= 11 is 0. The lowest BCUT2D eigenvalue weighted by Crippen LogP contribution is -2.57. The highest BCUT2D eigenvalue weighted by molar-refractivity contribution is 5.88. The zero-order valence-corrected chi connectivity index (χ0v) is 16.9. The van der Waals surface area contributed by atoms with Gasteiger partial charge in [0.25, 0.3) is 0 Å². The summed E-state index contributed by atoms with van der Waals surface area (Å²) < 4.78 is 0. The van der Waals surface area contributed by atoms with Gasteiger partial charge in [-0.15, -0.1) is 0 Å². The molecule has 2 heterocycles. The zero-order valence-electron chi connectivity index (χ0n) is 16.9. The van der Waals surface area contributed by atoms with Gasteiger partial charge < -0.3 is 14.9 Å². The van der Waals surface area contributed by atoms with Gasteiger partial charge in [0.2, 0.25) is 5.91 Å². The number of carbonyl (C=O) groups excluding carboxylic acids is 1. The van der Waals surface area contributed by atoms with Crippen LogP contribution in [0, 0.1) is 11.3 Å². The van der Waals surface area contributed by atoms with E-state index in [1.165, 1.54) is 0 Å². The lowest BCUT2D eigenvalue weighted by atomic mass is 9.57. The molecule has 0 bridgehead atoms. The minimum Gasteiger partial charge on any atom is -0.481 e. The van der Waals surface area contributed by atoms with Gasteiger partial charge in [-0.1, -0.05) is 37.3 Å². The summed E-state index contributed by atoms with van der Waals surface area (Å²) in [6.45, 7) is 6.71. The van der Waals surface area contributed by atoms with Crippen LogP contribution in [0.5, 0.6) is 0 Å². The van der Waals surface area contributed by atoms with Crippen LogP contribution in [0.25, 0.3) is 0 Å². The lowest BCUT2D eigenvalue weighted by molar-refractivity contribution is -0.155. The summed E-state index contributed by atoms with van der Waals surface area (Å²) in [7, 11) is 0. The monoisotopic (exact) mass is 384 g/mol. The highest BCUT2D eigenvalue weighted by atomic mass is 16.4. The maximum atomic E-state index is 13.8. The first-order valence-corrected chi connectivity index (χ1v) is 10.8. The number of hydrogen-bond acceptors (Lipinski definition) is 3. The Bertz CT molecular complexity index is 709. The number of rotatable bonds is 4. The van der Waals surface area contributed by atoms with Gasteiger partial charge in [-0.25, -0.2) is 0 Å². The summed E-state index contributed by atoms with van der Waals surface area (Å²) in [5.74, 6) is -0.537. The summed E-state index contributed by atoms with van der Waals surface area (Å²) in [5.41, 5.74) is 0.928. The van der Waals surface area contributed by atoms with E-state index in [9.17, 15) is 14.7 Å². The Balaban J connectivity index is 1.48. The third-order valence-electron chi connectivity index (χ3n) is 7.71. The van der Waals surface area contributed by atoms with Crippen molar-refractivity contribution < 1.29 is 14.7 Å². The van der Waals surface area contributed by atoms with Crippen molar-refractivity contribution in [3.63, 3.8) is 0 Å². The molecular formula is C23H32N2O3. The Kier molecular flexibility index (Phi) is 5.21. The van der Waals surface area contributed by atoms with Crippen LogP contribution in [-0.4, -0.2) is 59.5 Å². The third kappa shape index (κ3) is 3.34. The lowest BCUT2D eigenvalue weighted by Gasteiger charge is -2.52. The molecule has 3 aliphatic rings. The number of carbonyl (C=O) groups is 2. The van der Waals surface area contributed by atoms with Crippen molar-refractivity contribution in [1.82, 2.24) is 9.80 Å². The highest BCUT2D eigenvalue weighted by Gasteiger charge is 2.51. The van der Waals surface area contributed by atoms with E-state index in [2.05, 4.69) is 28.9 Å². The Morgan fingerprint density at radius 1 is 1.00 bits per heavy atom. The Morgan fingerprint density at radius 3 is 2.14 bits per heavy atom. The molecule has 1 N–H and O–H groups in total. The van der Waals surface area contributed by atoms with Crippen LogP contribution in [0.15, 0.2) is 30.3 Å². The number of hydrogen-bond donors (Lipinski definition) is 1.